The maximum absolute atomic E-state index is 10.6. The van der Waals surface area contributed by atoms with Crippen molar-refractivity contribution < 1.29 is 61.3 Å². The average Bonchev–Trinajstić information content (AvgIpc) is 2.65. The summed E-state index contributed by atoms with van der Waals surface area (Å²) >= 11 is 0. The van der Waals surface area contributed by atoms with Gasteiger partial charge in [-0.2, -0.15) is 0 Å². The van der Waals surface area contributed by atoms with Crippen molar-refractivity contribution in [2.75, 3.05) is 0 Å². The summed E-state index contributed by atoms with van der Waals surface area (Å²) < 4.78 is 1.52. The Balaban J connectivity index is 0.00000128. The molecule has 0 aromatic carbocycles. The zero-order valence-corrected chi connectivity index (χ0v) is 12.0. The van der Waals surface area contributed by atoms with Crippen LogP contribution in [-0.4, -0.2) is 25.9 Å². The largest absolute Gasteiger partial charge is 1.00 e. The van der Waals surface area contributed by atoms with E-state index >= 15 is 0 Å². The van der Waals surface area contributed by atoms with E-state index in [0.717, 1.165) is 0 Å². The third-order valence-electron chi connectivity index (χ3n) is 1.86. The molecule has 0 N–H and O–H groups in total. The van der Waals surface area contributed by atoms with Gasteiger partial charge < -0.3 is 9.90 Å². The molecule has 16 heavy (non-hydrogen) atoms. The number of nitrogens with zero attached hydrogens (tertiary/aromatic N) is 4. The smallest absolute Gasteiger partial charge is 0.545 e. The van der Waals surface area contributed by atoms with Gasteiger partial charge in [-0.25, -0.2) is 0 Å². The number of aromatic nitrogens is 4. The standard InChI is InChI=1S/C9H8N4O2.K/c1-13-5-8(11-12-13)7-4-6(9(14)15)2-3-10-7;/h2-5H,1H3,(H,14,15);/q;+1/p-1. The first kappa shape index (κ1) is 13.5. The van der Waals surface area contributed by atoms with E-state index in [1.54, 1.807) is 13.2 Å². The Morgan fingerprint density at radius 1 is 1.44 bits per heavy atom. The second kappa shape index (κ2) is 5.64. The Hall–Kier alpha value is -0.604. The minimum atomic E-state index is -1.23. The van der Waals surface area contributed by atoms with Crippen LogP contribution < -0.4 is 56.5 Å². The van der Waals surface area contributed by atoms with E-state index in [2.05, 4.69) is 15.3 Å². The maximum atomic E-state index is 10.6. The SMILES string of the molecule is Cn1cc(-c2cc(C(=O)[O-])ccn2)nn1.[K+]. The van der Waals surface area contributed by atoms with Crippen LogP contribution in [0.15, 0.2) is 24.5 Å². The van der Waals surface area contributed by atoms with Gasteiger partial charge in [-0.15, -0.1) is 5.10 Å². The quantitative estimate of drug-likeness (QED) is 0.505. The Morgan fingerprint density at radius 2 is 2.19 bits per heavy atom. The summed E-state index contributed by atoms with van der Waals surface area (Å²) in [6.45, 7) is 0. The van der Waals surface area contributed by atoms with Gasteiger partial charge in [0.1, 0.15) is 5.69 Å². The molecule has 0 aliphatic carbocycles. The number of aryl methyl sites for hydroxylation is 1. The number of hydrogen-bond donors (Lipinski definition) is 0. The molecule has 0 radical (unpaired) electrons. The van der Waals surface area contributed by atoms with Gasteiger partial charge in [0, 0.05) is 18.8 Å². The molecule has 0 spiro atoms. The van der Waals surface area contributed by atoms with Crippen LogP contribution in [-0.2, 0) is 7.05 Å². The Morgan fingerprint density at radius 3 is 2.75 bits per heavy atom. The van der Waals surface area contributed by atoms with Crippen molar-refractivity contribution in [3.05, 3.63) is 30.1 Å². The average molecular weight is 242 g/mol. The van der Waals surface area contributed by atoms with Gasteiger partial charge in [-0.3, -0.25) is 9.67 Å². The molecule has 0 unspecified atom stereocenters. The van der Waals surface area contributed by atoms with Crippen LogP contribution in [0.25, 0.3) is 11.4 Å². The topological polar surface area (TPSA) is 83.7 Å². The van der Waals surface area contributed by atoms with E-state index in [-0.39, 0.29) is 56.9 Å². The van der Waals surface area contributed by atoms with Crippen molar-refractivity contribution >= 4 is 5.97 Å². The fraction of sp³-hybridized carbons (Fsp3) is 0.111. The summed E-state index contributed by atoms with van der Waals surface area (Å²) in [6, 6.07) is 2.77. The summed E-state index contributed by atoms with van der Waals surface area (Å²) in [7, 11) is 1.72. The molecule has 0 bridgehead atoms. The third-order valence-corrected chi connectivity index (χ3v) is 1.86. The molecule has 2 heterocycles. The second-order valence-corrected chi connectivity index (χ2v) is 2.99. The van der Waals surface area contributed by atoms with Gasteiger partial charge in [0.05, 0.1) is 17.9 Å². The fourth-order valence-electron chi connectivity index (χ4n) is 1.16. The molecular weight excluding hydrogens is 235 g/mol. The third kappa shape index (κ3) is 2.95. The monoisotopic (exact) mass is 242 g/mol. The molecule has 0 saturated carbocycles. The molecular formula is C9H7KN4O2. The van der Waals surface area contributed by atoms with Gasteiger partial charge in [-0.1, -0.05) is 5.21 Å². The summed E-state index contributed by atoms with van der Waals surface area (Å²) in [6.07, 6.45) is 3.05. The number of carbonyl (C=O) groups excluding carboxylic acids is 1. The summed E-state index contributed by atoms with van der Waals surface area (Å²) in [5.74, 6) is -1.23. The molecule has 76 valence electrons. The molecule has 2 aromatic heterocycles. The van der Waals surface area contributed by atoms with E-state index in [4.69, 9.17) is 0 Å². The van der Waals surface area contributed by atoms with Gasteiger partial charge in [0.25, 0.3) is 0 Å². The van der Waals surface area contributed by atoms with E-state index < -0.39 is 5.97 Å². The molecule has 7 heteroatoms. The van der Waals surface area contributed by atoms with Gasteiger partial charge in [0.15, 0.2) is 0 Å². The normalized spacial score (nSPS) is 9.56. The molecule has 2 aromatic rings. The van der Waals surface area contributed by atoms with Crippen LogP contribution in [0.3, 0.4) is 0 Å². The minimum absolute atomic E-state index is 0. The first-order valence-corrected chi connectivity index (χ1v) is 4.21. The summed E-state index contributed by atoms with van der Waals surface area (Å²) in [5, 5.41) is 18.2. The zero-order chi connectivity index (χ0) is 10.8. The number of hydrogen-bond acceptors (Lipinski definition) is 5. The first-order valence-electron chi connectivity index (χ1n) is 4.21. The van der Waals surface area contributed by atoms with Crippen molar-refractivity contribution in [1.82, 2.24) is 20.0 Å². The number of carboxylic acids is 1. The predicted molar refractivity (Wildman–Crippen MR) is 48.6 cm³/mol. The number of pyridine rings is 1. The predicted octanol–water partition coefficient (Wildman–Crippen LogP) is -3.76. The van der Waals surface area contributed by atoms with Crippen LogP contribution in [0.1, 0.15) is 10.4 Å². The fourth-order valence-corrected chi connectivity index (χ4v) is 1.16. The van der Waals surface area contributed by atoms with Crippen LogP contribution >= 0.6 is 0 Å². The van der Waals surface area contributed by atoms with Crippen LogP contribution in [0, 0.1) is 0 Å². The molecule has 2 rings (SSSR count). The van der Waals surface area contributed by atoms with Crippen LogP contribution in [0.5, 0.6) is 0 Å². The number of rotatable bonds is 2. The maximum Gasteiger partial charge on any atom is 1.00 e. The van der Waals surface area contributed by atoms with Crippen LogP contribution in [0.2, 0.25) is 0 Å². The minimum Gasteiger partial charge on any atom is -0.545 e. The number of carbonyl (C=O) groups is 1. The van der Waals surface area contributed by atoms with Crippen molar-refractivity contribution in [3.8, 4) is 11.4 Å². The Bertz CT molecular complexity index is 512. The molecule has 0 atom stereocenters. The molecule has 0 saturated heterocycles. The van der Waals surface area contributed by atoms with E-state index in [1.807, 2.05) is 0 Å². The number of aromatic carboxylic acids is 1. The molecule has 0 aliphatic heterocycles. The van der Waals surface area contributed by atoms with Crippen molar-refractivity contribution in [3.63, 3.8) is 0 Å². The zero-order valence-electron chi connectivity index (χ0n) is 8.91. The van der Waals surface area contributed by atoms with Crippen molar-refractivity contribution in [1.29, 1.82) is 0 Å². The van der Waals surface area contributed by atoms with E-state index in [0.29, 0.717) is 11.4 Å². The van der Waals surface area contributed by atoms with E-state index in [1.165, 1.54) is 23.0 Å². The molecule has 0 amide bonds. The summed E-state index contributed by atoms with van der Waals surface area (Å²) in [5.41, 5.74) is 1.07. The second-order valence-electron chi connectivity index (χ2n) is 2.99. The summed E-state index contributed by atoms with van der Waals surface area (Å²) in [4.78, 5) is 14.6. The van der Waals surface area contributed by atoms with Gasteiger partial charge in [-0.05, 0) is 12.1 Å². The Labute approximate surface area is 134 Å². The van der Waals surface area contributed by atoms with Crippen LogP contribution in [0.4, 0.5) is 0 Å². The number of carboxylic acid groups (broad SMARTS) is 1. The Kier molecular flexibility index (Phi) is 4.75. The molecule has 6 nitrogen and oxygen atoms in total. The van der Waals surface area contributed by atoms with Crippen molar-refractivity contribution in [2.45, 2.75) is 0 Å². The van der Waals surface area contributed by atoms with E-state index in [9.17, 15) is 9.90 Å². The first-order chi connectivity index (χ1) is 7.16. The van der Waals surface area contributed by atoms with Crippen molar-refractivity contribution in [2.24, 2.45) is 7.05 Å². The van der Waals surface area contributed by atoms with Gasteiger partial charge in [0.2, 0.25) is 0 Å². The molecule has 0 aliphatic rings. The van der Waals surface area contributed by atoms with Gasteiger partial charge >= 0.3 is 51.4 Å². The molecule has 0 fully saturated rings.